The highest BCUT2D eigenvalue weighted by Crippen LogP contribution is 2.30. The second kappa shape index (κ2) is 15.5. The van der Waals surface area contributed by atoms with Gasteiger partial charge in [0.15, 0.2) is 0 Å². The largest absolute Gasteiger partial charge is 0.480 e. The van der Waals surface area contributed by atoms with Gasteiger partial charge in [0.2, 0.25) is 0 Å². The summed E-state index contributed by atoms with van der Waals surface area (Å²) in [6.45, 7) is 15.3. The standard InChI is InChI=1S/C27H50N4O8/c1-18(27(5,6)7)8-9-22(26(38)39)31-16-14-29(20(3)24(34)35)12-10-28(19(2)23(32)33)11-13-30(15-17-31)21(4)25(36)37/h18-22H,8-17H2,1-7H3,(H,32,33)(H,34,35)(H,36,37)(H,38,39). The van der Waals surface area contributed by atoms with Gasteiger partial charge in [-0.25, -0.2) is 0 Å². The van der Waals surface area contributed by atoms with Crippen LogP contribution >= 0.6 is 0 Å². The zero-order valence-electron chi connectivity index (χ0n) is 24.7. The average molecular weight is 559 g/mol. The Hall–Kier alpha value is -2.28. The molecule has 1 rings (SSSR count). The molecule has 0 radical (unpaired) electrons. The van der Waals surface area contributed by atoms with Crippen LogP contribution in [-0.4, -0.2) is 140 Å². The minimum absolute atomic E-state index is 0.0191. The number of carboxylic acids is 4. The molecule has 0 aromatic carbocycles. The molecule has 12 nitrogen and oxygen atoms in total. The van der Waals surface area contributed by atoms with Crippen LogP contribution in [0.5, 0.6) is 0 Å². The summed E-state index contributed by atoms with van der Waals surface area (Å²) in [6.07, 6.45) is 1.12. The van der Waals surface area contributed by atoms with Crippen LogP contribution in [0.15, 0.2) is 0 Å². The molecule has 39 heavy (non-hydrogen) atoms. The first-order valence-corrected chi connectivity index (χ1v) is 13.8. The molecule has 0 aromatic heterocycles. The Kier molecular flexibility index (Phi) is 13.8. The summed E-state index contributed by atoms with van der Waals surface area (Å²) in [6, 6.07) is -3.33. The first kappa shape index (κ1) is 34.7. The fourth-order valence-electron chi connectivity index (χ4n) is 4.72. The molecule has 0 aliphatic carbocycles. The number of aliphatic carboxylic acids is 4. The lowest BCUT2D eigenvalue weighted by molar-refractivity contribution is -0.147. The van der Waals surface area contributed by atoms with Crippen molar-refractivity contribution < 1.29 is 39.6 Å². The Morgan fingerprint density at radius 2 is 0.821 bits per heavy atom. The van der Waals surface area contributed by atoms with Crippen molar-refractivity contribution in [3.05, 3.63) is 0 Å². The molecule has 0 saturated carbocycles. The molecular weight excluding hydrogens is 508 g/mol. The van der Waals surface area contributed by atoms with Gasteiger partial charge in [0.1, 0.15) is 24.2 Å². The summed E-state index contributed by atoms with van der Waals surface area (Å²) in [5, 5.41) is 39.2. The second-order valence-electron chi connectivity index (χ2n) is 11.9. The zero-order chi connectivity index (χ0) is 30.1. The van der Waals surface area contributed by atoms with E-state index in [9.17, 15) is 39.6 Å². The predicted molar refractivity (Wildman–Crippen MR) is 147 cm³/mol. The van der Waals surface area contributed by atoms with E-state index >= 15 is 0 Å². The van der Waals surface area contributed by atoms with Gasteiger partial charge < -0.3 is 20.4 Å². The van der Waals surface area contributed by atoms with Crippen molar-refractivity contribution in [2.24, 2.45) is 11.3 Å². The van der Waals surface area contributed by atoms with E-state index in [0.717, 1.165) is 0 Å². The van der Waals surface area contributed by atoms with Gasteiger partial charge in [-0.1, -0.05) is 27.7 Å². The normalized spacial score (nSPS) is 22.0. The highest BCUT2D eigenvalue weighted by atomic mass is 16.4. The van der Waals surface area contributed by atoms with E-state index in [4.69, 9.17) is 0 Å². The second-order valence-corrected chi connectivity index (χ2v) is 11.9. The molecule has 4 N–H and O–H groups in total. The SMILES string of the molecule is CC(C(=O)O)N1CCN(C(C)C(=O)O)CCN(C(CCC(C)C(C)(C)C)C(=O)O)CCN(C(C)C(=O)O)CC1. The molecule has 5 unspecified atom stereocenters. The van der Waals surface area contributed by atoms with Crippen molar-refractivity contribution in [1.82, 2.24) is 19.6 Å². The first-order valence-electron chi connectivity index (χ1n) is 13.8. The summed E-state index contributed by atoms with van der Waals surface area (Å²) < 4.78 is 0. The van der Waals surface area contributed by atoms with Crippen molar-refractivity contribution in [3.63, 3.8) is 0 Å². The average Bonchev–Trinajstić information content (AvgIpc) is 2.83. The van der Waals surface area contributed by atoms with Gasteiger partial charge in [0.05, 0.1) is 0 Å². The van der Waals surface area contributed by atoms with Crippen molar-refractivity contribution in [2.45, 2.75) is 85.5 Å². The molecule has 0 spiro atoms. The van der Waals surface area contributed by atoms with Crippen LogP contribution in [-0.2, 0) is 19.2 Å². The Morgan fingerprint density at radius 3 is 1.05 bits per heavy atom. The maximum absolute atomic E-state index is 12.4. The van der Waals surface area contributed by atoms with Crippen molar-refractivity contribution >= 4 is 23.9 Å². The number of carboxylic acid groups (broad SMARTS) is 4. The summed E-state index contributed by atoms with van der Waals surface area (Å²) in [4.78, 5) is 54.9. The summed E-state index contributed by atoms with van der Waals surface area (Å²) in [5.74, 6) is -3.72. The Balaban J connectivity index is 3.34. The lowest BCUT2D eigenvalue weighted by Gasteiger charge is -2.39. The molecular formula is C27H50N4O8. The number of carbonyl (C=O) groups is 4. The highest BCUT2D eigenvalue weighted by molar-refractivity contribution is 5.74. The summed E-state index contributed by atoms with van der Waals surface area (Å²) >= 11 is 0. The minimum Gasteiger partial charge on any atom is -0.480 e. The van der Waals surface area contributed by atoms with Crippen LogP contribution in [0.3, 0.4) is 0 Å². The Labute approximate surface area is 232 Å². The van der Waals surface area contributed by atoms with E-state index in [-0.39, 0.29) is 63.7 Å². The van der Waals surface area contributed by atoms with E-state index in [1.54, 1.807) is 35.5 Å². The van der Waals surface area contributed by atoms with Gasteiger partial charge in [-0.3, -0.25) is 38.8 Å². The third kappa shape index (κ3) is 11.0. The number of rotatable bonds is 11. The van der Waals surface area contributed by atoms with Crippen molar-refractivity contribution in [2.75, 3.05) is 52.4 Å². The zero-order valence-corrected chi connectivity index (χ0v) is 24.7. The van der Waals surface area contributed by atoms with E-state index in [0.29, 0.717) is 12.8 Å². The van der Waals surface area contributed by atoms with E-state index in [2.05, 4.69) is 27.7 Å². The number of hydrogen-bond donors (Lipinski definition) is 4. The maximum Gasteiger partial charge on any atom is 0.320 e. The van der Waals surface area contributed by atoms with Crippen LogP contribution < -0.4 is 0 Å². The molecule has 5 atom stereocenters. The topological polar surface area (TPSA) is 162 Å². The number of hydrogen-bond acceptors (Lipinski definition) is 8. The van der Waals surface area contributed by atoms with E-state index < -0.39 is 48.0 Å². The van der Waals surface area contributed by atoms with Gasteiger partial charge in [-0.2, -0.15) is 0 Å². The lowest BCUT2D eigenvalue weighted by atomic mass is 9.79. The molecule has 1 fully saturated rings. The molecule has 0 bridgehead atoms. The van der Waals surface area contributed by atoms with Gasteiger partial charge in [0, 0.05) is 52.4 Å². The quantitative estimate of drug-likeness (QED) is 0.290. The maximum atomic E-state index is 12.4. The van der Waals surface area contributed by atoms with Gasteiger partial charge in [0.25, 0.3) is 0 Å². The summed E-state index contributed by atoms with van der Waals surface area (Å²) in [7, 11) is 0. The molecule has 12 heteroatoms. The molecule has 1 aliphatic heterocycles. The van der Waals surface area contributed by atoms with E-state index in [1.807, 2.05) is 4.90 Å². The van der Waals surface area contributed by atoms with Crippen LogP contribution in [0.25, 0.3) is 0 Å². The van der Waals surface area contributed by atoms with Crippen LogP contribution in [0.2, 0.25) is 0 Å². The third-order valence-corrected chi connectivity index (χ3v) is 8.49. The predicted octanol–water partition coefficient (Wildman–Crippen LogP) is 1.54. The molecule has 0 aromatic rings. The molecule has 1 saturated heterocycles. The molecule has 1 aliphatic rings. The molecule has 0 amide bonds. The van der Waals surface area contributed by atoms with Crippen molar-refractivity contribution in [1.29, 1.82) is 0 Å². The van der Waals surface area contributed by atoms with Crippen LogP contribution in [0.4, 0.5) is 0 Å². The number of nitrogens with zero attached hydrogens (tertiary/aromatic N) is 4. The van der Waals surface area contributed by atoms with Crippen molar-refractivity contribution in [3.8, 4) is 0 Å². The van der Waals surface area contributed by atoms with Gasteiger partial charge >= 0.3 is 23.9 Å². The Morgan fingerprint density at radius 1 is 0.538 bits per heavy atom. The van der Waals surface area contributed by atoms with Gasteiger partial charge in [-0.05, 0) is 44.9 Å². The summed E-state index contributed by atoms with van der Waals surface area (Å²) in [5.41, 5.74) is 0.0191. The molecule has 226 valence electrons. The Bertz CT molecular complexity index is 797. The van der Waals surface area contributed by atoms with Crippen LogP contribution in [0.1, 0.15) is 61.3 Å². The lowest BCUT2D eigenvalue weighted by Crippen LogP contribution is -2.55. The molecule has 1 heterocycles. The fraction of sp³-hybridized carbons (Fsp3) is 0.852. The first-order chi connectivity index (χ1) is 18.0. The van der Waals surface area contributed by atoms with Gasteiger partial charge in [-0.15, -0.1) is 0 Å². The fourth-order valence-corrected chi connectivity index (χ4v) is 4.72. The monoisotopic (exact) mass is 558 g/mol. The minimum atomic E-state index is -1.02. The van der Waals surface area contributed by atoms with E-state index in [1.165, 1.54) is 0 Å². The highest BCUT2D eigenvalue weighted by Gasteiger charge is 2.32. The van der Waals surface area contributed by atoms with Crippen LogP contribution in [0, 0.1) is 11.3 Å². The smallest absolute Gasteiger partial charge is 0.320 e. The third-order valence-electron chi connectivity index (χ3n) is 8.49.